The van der Waals surface area contributed by atoms with Crippen molar-refractivity contribution in [3.8, 4) is 5.75 Å². The van der Waals surface area contributed by atoms with Crippen LogP contribution in [0.2, 0.25) is 5.02 Å². The van der Waals surface area contributed by atoms with Crippen molar-refractivity contribution >= 4 is 44.8 Å². The van der Waals surface area contributed by atoms with E-state index >= 15 is 0 Å². The Hall–Kier alpha value is -1.72. The topological polar surface area (TPSA) is 75.3 Å². The first-order valence-corrected chi connectivity index (χ1v) is 6.49. The normalized spacial score (nSPS) is 10.2. The van der Waals surface area contributed by atoms with Crippen molar-refractivity contribution in [3.05, 3.63) is 51.5 Å². The zero-order chi connectivity index (χ0) is 14.0. The van der Waals surface area contributed by atoms with Gasteiger partial charge in [-0.1, -0.05) is 11.6 Å². The lowest BCUT2D eigenvalue weighted by Crippen LogP contribution is -2.13. The van der Waals surface area contributed by atoms with E-state index in [1.54, 1.807) is 18.2 Å². The molecule has 0 heterocycles. The highest BCUT2D eigenvalue weighted by atomic mass is 79.9. The van der Waals surface area contributed by atoms with E-state index in [2.05, 4.69) is 21.2 Å². The molecule has 0 aliphatic rings. The summed E-state index contributed by atoms with van der Waals surface area (Å²) in [5, 5.41) is 12.4. The molecule has 2 aromatic rings. The Morgan fingerprint density at radius 3 is 2.63 bits per heavy atom. The maximum absolute atomic E-state index is 12.0. The number of nitrogen functional groups attached to an aromatic ring is 1. The highest BCUT2D eigenvalue weighted by Gasteiger charge is 2.10. The van der Waals surface area contributed by atoms with Gasteiger partial charge in [0.2, 0.25) is 0 Å². The Morgan fingerprint density at radius 1 is 1.26 bits per heavy atom. The molecule has 4 N–H and O–H groups in total. The van der Waals surface area contributed by atoms with Gasteiger partial charge >= 0.3 is 0 Å². The molecule has 6 heteroatoms. The van der Waals surface area contributed by atoms with E-state index in [-0.39, 0.29) is 11.7 Å². The number of hydrogen-bond donors (Lipinski definition) is 3. The minimum Gasteiger partial charge on any atom is -0.508 e. The number of hydrogen-bond acceptors (Lipinski definition) is 3. The van der Waals surface area contributed by atoms with Crippen molar-refractivity contribution in [1.29, 1.82) is 0 Å². The van der Waals surface area contributed by atoms with E-state index in [1.165, 1.54) is 18.2 Å². The Morgan fingerprint density at radius 2 is 2.00 bits per heavy atom. The summed E-state index contributed by atoms with van der Waals surface area (Å²) in [5.41, 5.74) is 6.88. The summed E-state index contributed by atoms with van der Waals surface area (Å²) < 4.78 is 0.639. The van der Waals surface area contributed by atoms with Gasteiger partial charge < -0.3 is 16.2 Å². The minimum absolute atomic E-state index is 0.0461. The average molecular weight is 342 g/mol. The first-order valence-electron chi connectivity index (χ1n) is 5.32. The Bertz CT molecular complexity index is 647. The second-order valence-corrected chi connectivity index (χ2v) is 5.12. The fourth-order valence-corrected chi connectivity index (χ4v) is 1.99. The molecular formula is C13H10BrClN2O2. The second-order valence-electron chi connectivity index (χ2n) is 3.85. The number of anilines is 2. The van der Waals surface area contributed by atoms with Crippen molar-refractivity contribution in [2.75, 3.05) is 11.1 Å². The number of phenols is 1. The molecule has 0 fully saturated rings. The second kappa shape index (κ2) is 5.50. The number of amides is 1. The zero-order valence-electron chi connectivity index (χ0n) is 9.65. The number of phenolic OH excluding ortho intramolecular Hbond substituents is 1. The fourth-order valence-electron chi connectivity index (χ4n) is 1.50. The molecule has 0 atom stereocenters. The van der Waals surface area contributed by atoms with Crippen LogP contribution in [-0.2, 0) is 0 Å². The number of carbonyl (C=O) groups is 1. The molecule has 0 aliphatic heterocycles. The fraction of sp³-hybridized carbons (Fsp3) is 0. The lowest BCUT2D eigenvalue weighted by molar-refractivity contribution is 0.102. The summed E-state index contributed by atoms with van der Waals surface area (Å²) >= 11 is 9.12. The van der Waals surface area contributed by atoms with Gasteiger partial charge in [0, 0.05) is 16.1 Å². The van der Waals surface area contributed by atoms with Crippen molar-refractivity contribution in [2.45, 2.75) is 0 Å². The van der Waals surface area contributed by atoms with Crippen LogP contribution >= 0.6 is 27.5 Å². The maximum Gasteiger partial charge on any atom is 0.255 e. The van der Waals surface area contributed by atoms with E-state index in [0.29, 0.717) is 26.4 Å². The van der Waals surface area contributed by atoms with Crippen LogP contribution in [-0.4, -0.2) is 11.0 Å². The van der Waals surface area contributed by atoms with Gasteiger partial charge in [-0.05, 0) is 46.3 Å². The summed E-state index contributed by atoms with van der Waals surface area (Å²) in [4.78, 5) is 12.0. The third kappa shape index (κ3) is 3.19. The predicted molar refractivity (Wildman–Crippen MR) is 79.6 cm³/mol. The number of benzene rings is 2. The average Bonchev–Trinajstić information content (AvgIpc) is 2.36. The van der Waals surface area contributed by atoms with Crippen LogP contribution in [0.3, 0.4) is 0 Å². The quantitative estimate of drug-likeness (QED) is 0.576. The molecule has 0 unspecified atom stereocenters. The minimum atomic E-state index is -0.310. The number of nitrogens with two attached hydrogens (primary N) is 1. The van der Waals surface area contributed by atoms with Crippen LogP contribution in [0.25, 0.3) is 0 Å². The van der Waals surface area contributed by atoms with Crippen LogP contribution < -0.4 is 11.1 Å². The lowest BCUT2D eigenvalue weighted by Gasteiger charge is -2.09. The van der Waals surface area contributed by atoms with Crippen LogP contribution in [0.4, 0.5) is 11.4 Å². The van der Waals surface area contributed by atoms with Crippen LogP contribution in [0.5, 0.6) is 5.75 Å². The van der Waals surface area contributed by atoms with Gasteiger partial charge in [0.25, 0.3) is 5.91 Å². The van der Waals surface area contributed by atoms with E-state index in [0.717, 1.165) is 0 Å². The van der Waals surface area contributed by atoms with Gasteiger partial charge in [-0.15, -0.1) is 0 Å². The van der Waals surface area contributed by atoms with E-state index in [1.807, 2.05) is 0 Å². The zero-order valence-corrected chi connectivity index (χ0v) is 12.0. The predicted octanol–water partition coefficient (Wildman–Crippen LogP) is 3.64. The third-order valence-electron chi connectivity index (χ3n) is 2.47. The van der Waals surface area contributed by atoms with Crippen molar-refractivity contribution in [3.63, 3.8) is 0 Å². The highest BCUT2D eigenvalue weighted by Crippen LogP contribution is 2.26. The van der Waals surface area contributed by atoms with E-state index in [4.69, 9.17) is 17.3 Å². The maximum atomic E-state index is 12.0. The van der Waals surface area contributed by atoms with Crippen LogP contribution in [0.15, 0.2) is 40.9 Å². The molecule has 0 bridgehead atoms. The number of carbonyl (C=O) groups excluding carboxylic acids is 1. The Labute approximate surface area is 123 Å². The first kappa shape index (κ1) is 13.7. The molecule has 0 spiro atoms. The Kier molecular flexibility index (Phi) is 3.97. The molecule has 1 amide bonds. The molecule has 2 aromatic carbocycles. The summed E-state index contributed by atoms with van der Waals surface area (Å²) in [5.74, 6) is -0.264. The molecule has 19 heavy (non-hydrogen) atoms. The number of aromatic hydroxyl groups is 1. The monoisotopic (exact) mass is 340 g/mol. The van der Waals surface area contributed by atoms with Gasteiger partial charge in [-0.3, -0.25) is 4.79 Å². The SMILES string of the molecule is Nc1cc(O)ccc1NC(=O)c1ccc(Cl)c(Br)c1. The lowest BCUT2D eigenvalue weighted by atomic mass is 10.2. The van der Waals surface area contributed by atoms with Crippen molar-refractivity contribution < 1.29 is 9.90 Å². The van der Waals surface area contributed by atoms with Gasteiger partial charge in [0.15, 0.2) is 0 Å². The molecule has 98 valence electrons. The van der Waals surface area contributed by atoms with Crippen LogP contribution in [0.1, 0.15) is 10.4 Å². The summed E-state index contributed by atoms with van der Waals surface area (Å²) in [6.07, 6.45) is 0. The van der Waals surface area contributed by atoms with Crippen molar-refractivity contribution in [2.24, 2.45) is 0 Å². The molecule has 0 saturated carbocycles. The summed E-state index contributed by atoms with van der Waals surface area (Å²) in [6.45, 7) is 0. The molecule has 4 nitrogen and oxygen atoms in total. The van der Waals surface area contributed by atoms with Crippen LogP contribution in [0, 0.1) is 0 Å². The summed E-state index contributed by atoms with van der Waals surface area (Å²) in [6, 6.07) is 9.21. The highest BCUT2D eigenvalue weighted by molar-refractivity contribution is 9.10. The smallest absolute Gasteiger partial charge is 0.255 e. The first-order chi connectivity index (χ1) is 8.97. The van der Waals surface area contributed by atoms with Gasteiger partial charge in [-0.25, -0.2) is 0 Å². The molecule has 0 aliphatic carbocycles. The molecule has 0 aromatic heterocycles. The van der Waals surface area contributed by atoms with Crippen molar-refractivity contribution in [1.82, 2.24) is 0 Å². The van der Waals surface area contributed by atoms with E-state index in [9.17, 15) is 9.90 Å². The largest absolute Gasteiger partial charge is 0.508 e. The van der Waals surface area contributed by atoms with E-state index < -0.39 is 0 Å². The van der Waals surface area contributed by atoms with Gasteiger partial charge in [-0.2, -0.15) is 0 Å². The number of rotatable bonds is 2. The van der Waals surface area contributed by atoms with Gasteiger partial charge in [0.1, 0.15) is 5.75 Å². The number of halogens is 2. The third-order valence-corrected chi connectivity index (χ3v) is 3.68. The molecule has 2 rings (SSSR count). The molecular weight excluding hydrogens is 332 g/mol. The molecule has 0 saturated heterocycles. The number of nitrogens with one attached hydrogen (secondary N) is 1. The van der Waals surface area contributed by atoms with Gasteiger partial charge in [0.05, 0.1) is 16.4 Å². The molecule has 0 radical (unpaired) electrons. The Balaban J connectivity index is 2.23. The summed E-state index contributed by atoms with van der Waals surface area (Å²) in [7, 11) is 0. The standard InChI is InChI=1S/C13H10BrClN2O2/c14-9-5-7(1-3-10(9)15)13(19)17-12-4-2-8(18)6-11(12)16/h1-6,18H,16H2,(H,17,19).